The largest absolute Gasteiger partial charge is 0.497 e. The van der Waals surface area contributed by atoms with Crippen LogP contribution in [0.25, 0.3) is 11.1 Å². The van der Waals surface area contributed by atoms with Gasteiger partial charge in [-0.15, -0.1) is 0 Å². The molecular weight excluding hydrogens is 243 g/mol. The summed E-state index contributed by atoms with van der Waals surface area (Å²) < 4.78 is 18.9. The van der Waals surface area contributed by atoms with Crippen molar-refractivity contribution in [1.29, 1.82) is 0 Å². The summed E-state index contributed by atoms with van der Waals surface area (Å²) in [6, 6.07) is 12.6. The van der Waals surface area contributed by atoms with Crippen LogP contribution in [-0.2, 0) is 6.42 Å². The summed E-state index contributed by atoms with van der Waals surface area (Å²) in [6.45, 7) is 0.189. The zero-order chi connectivity index (χ0) is 13.7. The van der Waals surface area contributed by atoms with E-state index in [1.54, 1.807) is 12.1 Å². The number of aliphatic hydroxyl groups excluding tert-OH is 1. The fraction of sp³-hybridized carbons (Fsp3) is 0.250. The summed E-state index contributed by atoms with van der Waals surface area (Å²) >= 11 is 0. The van der Waals surface area contributed by atoms with Gasteiger partial charge in [-0.1, -0.05) is 24.3 Å². The molecular formula is C16H17FO2. The Morgan fingerprint density at radius 1 is 1.11 bits per heavy atom. The average Bonchev–Trinajstić information content (AvgIpc) is 2.45. The molecule has 1 N–H and O–H groups in total. The fourth-order valence-corrected chi connectivity index (χ4v) is 1.99. The predicted molar refractivity (Wildman–Crippen MR) is 73.8 cm³/mol. The van der Waals surface area contributed by atoms with Gasteiger partial charge in [0.15, 0.2) is 0 Å². The Balaban J connectivity index is 2.22. The number of methoxy groups -OCH3 is 1. The van der Waals surface area contributed by atoms with Gasteiger partial charge >= 0.3 is 0 Å². The third kappa shape index (κ3) is 3.32. The van der Waals surface area contributed by atoms with E-state index in [1.807, 2.05) is 24.3 Å². The lowest BCUT2D eigenvalue weighted by Gasteiger charge is -2.07. The van der Waals surface area contributed by atoms with Crippen molar-refractivity contribution < 1.29 is 14.2 Å². The molecule has 0 fully saturated rings. The Morgan fingerprint density at radius 2 is 1.84 bits per heavy atom. The number of hydrogen-bond acceptors (Lipinski definition) is 2. The summed E-state index contributed by atoms with van der Waals surface area (Å²) in [5.74, 6) is 0.225. The van der Waals surface area contributed by atoms with Gasteiger partial charge in [0.1, 0.15) is 11.6 Å². The van der Waals surface area contributed by atoms with E-state index >= 15 is 0 Å². The van der Waals surface area contributed by atoms with Crippen molar-refractivity contribution in [3.63, 3.8) is 0 Å². The first-order chi connectivity index (χ1) is 9.24. The number of aliphatic hydroxyl groups is 1. The number of aryl methyl sites for hydroxylation is 1. The lowest BCUT2D eigenvalue weighted by atomic mass is 10.0. The summed E-state index contributed by atoms with van der Waals surface area (Å²) in [4.78, 5) is 0. The highest BCUT2D eigenvalue weighted by Crippen LogP contribution is 2.26. The van der Waals surface area contributed by atoms with Gasteiger partial charge in [-0.05, 0) is 36.1 Å². The van der Waals surface area contributed by atoms with Gasteiger partial charge in [0.25, 0.3) is 0 Å². The normalized spacial score (nSPS) is 10.5. The van der Waals surface area contributed by atoms with Gasteiger partial charge in [-0.3, -0.25) is 0 Å². The first-order valence-corrected chi connectivity index (χ1v) is 6.28. The topological polar surface area (TPSA) is 29.5 Å². The molecule has 0 atom stereocenters. The molecule has 0 bridgehead atoms. The van der Waals surface area contributed by atoms with Crippen molar-refractivity contribution in [1.82, 2.24) is 0 Å². The van der Waals surface area contributed by atoms with Crippen LogP contribution in [-0.4, -0.2) is 18.8 Å². The summed E-state index contributed by atoms with van der Waals surface area (Å²) in [5.41, 5.74) is 2.55. The lowest BCUT2D eigenvalue weighted by molar-refractivity contribution is 0.288. The summed E-state index contributed by atoms with van der Waals surface area (Å²) in [6.07, 6.45) is 1.58. The van der Waals surface area contributed by atoms with E-state index in [0.29, 0.717) is 11.3 Å². The van der Waals surface area contributed by atoms with Crippen LogP contribution < -0.4 is 4.74 Å². The van der Waals surface area contributed by atoms with Crippen molar-refractivity contribution in [2.75, 3.05) is 13.7 Å². The Morgan fingerprint density at radius 3 is 2.42 bits per heavy atom. The quantitative estimate of drug-likeness (QED) is 0.892. The van der Waals surface area contributed by atoms with Gasteiger partial charge in [0.2, 0.25) is 0 Å². The molecule has 2 aromatic carbocycles. The maximum absolute atomic E-state index is 13.9. The minimum absolute atomic E-state index is 0.189. The van der Waals surface area contributed by atoms with Crippen LogP contribution in [0.2, 0.25) is 0 Å². The van der Waals surface area contributed by atoms with Crippen molar-refractivity contribution >= 4 is 0 Å². The van der Waals surface area contributed by atoms with Crippen LogP contribution in [0.1, 0.15) is 12.0 Å². The Hall–Kier alpha value is -1.87. The fourth-order valence-electron chi connectivity index (χ4n) is 1.99. The van der Waals surface area contributed by atoms with E-state index in [9.17, 15) is 4.39 Å². The minimum atomic E-state index is -0.289. The molecule has 0 aliphatic rings. The molecule has 0 saturated carbocycles. The molecule has 0 radical (unpaired) electrons. The zero-order valence-electron chi connectivity index (χ0n) is 10.9. The molecule has 0 aromatic heterocycles. The molecule has 3 heteroatoms. The Labute approximate surface area is 112 Å². The van der Waals surface area contributed by atoms with E-state index in [1.165, 1.54) is 13.2 Å². The van der Waals surface area contributed by atoms with E-state index in [4.69, 9.17) is 9.84 Å². The van der Waals surface area contributed by atoms with Crippen molar-refractivity contribution in [2.24, 2.45) is 0 Å². The van der Waals surface area contributed by atoms with Crippen LogP contribution >= 0.6 is 0 Å². The number of rotatable bonds is 5. The Kier molecular flexibility index (Phi) is 4.53. The molecule has 0 amide bonds. The van der Waals surface area contributed by atoms with E-state index in [-0.39, 0.29) is 12.4 Å². The number of hydrogen-bond donors (Lipinski definition) is 1. The second-order valence-corrected chi connectivity index (χ2v) is 4.37. The monoisotopic (exact) mass is 260 g/mol. The third-order valence-corrected chi connectivity index (χ3v) is 3.06. The van der Waals surface area contributed by atoms with Gasteiger partial charge in [0.05, 0.1) is 7.11 Å². The van der Waals surface area contributed by atoms with Crippen molar-refractivity contribution in [3.8, 4) is 16.9 Å². The predicted octanol–water partition coefficient (Wildman–Crippen LogP) is 3.43. The third-order valence-electron chi connectivity index (χ3n) is 3.06. The van der Waals surface area contributed by atoms with Crippen molar-refractivity contribution in [3.05, 3.63) is 53.8 Å². The first-order valence-electron chi connectivity index (χ1n) is 6.28. The van der Waals surface area contributed by atoms with E-state index < -0.39 is 0 Å². The van der Waals surface area contributed by atoms with Crippen LogP contribution in [0.15, 0.2) is 42.5 Å². The molecule has 0 saturated heterocycles. The smallest absolute Gasteiger partial charge is 0.134 e. The molecule has 100 valence electrons. The maximum atomic E-state index is 13.9. The standard InChI is InChI=1S/C16H17FO2/c1-19-14-8-9-15(16(17)11-14)13-6-4-12(5-7-13)3-2-10-18/h4-9,11,18H,2-3,10H2,1H3. The first kappa shape index (κ1) is 13.6. The van der Waals surface area contributed by atoms with Crippen LogP contribution in [0.4, 0.5) is 4.39 Å². The van der Waals surface area contributed by atoms with Crippen LogP contribution in [0.3, 0.4) is 0 Å². The van der Waals surface area contributed by atoms with Gasteiger partial charge in [0, 0.05) is 18.2 Å². The molecule has 0 aliphatic heterocycles. The molecule has 0 spiro atoms. The number of benzene rings is 2. The molecule has 2 rings (SSSR count). The summed E-state index contributed by atoms with van der Waals surface area (Å²) in [7, 11) is 1.52. The highest BCUT2D eigenvalue weighted by Gasteiger charge is 2.06. The minimum Gasteiger partial charge on any atom is -0.497 e. The summed E-state index contributed by atoms with van der Waals surface area (Å²) in [5, 5.41) is 8.78. The number of halogens is 1. The SMILES string of the molecule is COc1ccc(-c2ccc(CCCO)cc2)c(F)c1. The van der Waals surface area contributed by atoms with E-state index in [2.05, 4.69) is 0 Å². The van der Waals surface area contributed by atoms with E-state index in [0.717, 1.165) is 24.0 Å². The second kappa shape index (κ2) is 6.34. The second-order valence-electron chi connectivity index (χ2n) is 4.37. The van der Waals surface area contributed by atoms with Crippen LogP contribution in [0, 0.1) is 5.82 Å². The zero-order valence-corrected chi connectivity index (χ0v) is 10.9. The van der Waals surface area contributed by atoms with Gasteiger partial charge < -0.3 is 9.84 Å². The number of ether oxygens (including phenoxy) is 1. The van der Waals surface area contributed by atoms with Gasteiger partial charge in [-0.25, -0.2) is 4.39 Å². The molecule has 2 aromatic rings. The molecule has 2 nitrogen and oxygen atoms in total. The lowest BCUT2D eigenvalue weighted by Crippen LogP contribution is -1.91. The van der Waals surface area contributed by atoms with Crippen LogP contribution in [0.5, 0.6) is 5.75 Å². The highest BCUT2D eigenvalue weighted by atomic mass is 19.1. The highest BCUT2D eigenvalue weighted by molar-refractivity contribution is 5.65. The van der Waals surface area contributed by atoms with Gasteiger partial charge in [-0.2, -0.15) is 0 Å². The molecule has 0 heterocycles. The maximum Gasteiger partial charge on any atom is 0.134 e. The molecule has 19 heavy (non-hydrogen) atoms. The molecule has 0 unspecified atom stereocenters. The molecule has 0 aliphatic carbocycles. The Bertz CT molecular complexity index is 535. The average molecular weight is 260 g/mol. The van der Waals surface area contributed by atoms with Crippen molar-refractivity contribution in [2.45, 2.75) is 12.8 Å².